The van der Waals surface area contributed by atoms with Crippen LogP contribution in [0.3, 0.4) is 0 Å². The standard InChI is InChI=1S/C15H12F2N2O3S2/c1-7-6-23-15(18-7)14-13(8(2)22-19-14)9-4-11(17)12(5-10(9)16)24(3,20)21/h4-6H,1-3H3. The van der Waals surface area contributed by atoms with Gasteiger partial charge in [-0.15, -0.1) is 11.3 Å². The van der Waals surface area contributed by atoms with Gasteiger partial charge in [0.15, 0.2) is 15.5 Å². The van der Waals surface area contributed by atoms with Gasteiger partial charge in [0.1, 0.15) is 27.3 Å². The smallest absolute Gasteiger partial charge is 0.178 e. The van der Waals surface area contributed by atoms with Crippen molar-refractivity contribution < 1.29 is 21.7 Å². The largest absolute Gasteiger partial charge is 0.360 e. The van der Waals surface area contributed by atoms with Crippen LogP contribution in [0.1, 0.15) is 11.5 Å². The molecule has 3 rings (SSSR count). The molecule has 0 aliphatic rings. The first kappa shape index (κ1) is 16.7. The minimum Gasteiger partial charge on any atom is -0.360 e. The first-order valence-corrected chi connectivity index (χ1v) is 9.54. The minimum absolute atomic E-state index is 0.124. The van der Waals surface area contributed by atoms with Crippen LogP contribution in [0.5, 0.6) is 0 Å². The summed E-state index contributed by atoms with van der Waals surface area (Å²) in [7, 11) is -3.87. The Labute approximate surface area is 140 Å². The molecule has 24 heavy (non-hydrogen) atoms. The molecular weight excluding hydrogens is 358 g/mol. The zero-order valence-electron chi connectivity index (χ0n) is 12.9. The van der Waals surface area contributed by atoms with Gasteiger partial charge in [-0.05, 0) is 26.0 Å². The first-order chi connectivity index (χ1) is 11.2. The number of hydrogen-bond donors (Lipinski definition) is 0. The zero-order chi connectivity index (χ0) is 17.6. The number of benzene rings is 1. The summed E-state index contributed by atoms with van der Waals surface area (Å²) in [6.07, 6.45) is 0.818. The highest BCUT2D eigenvalue weighted by Gasteiger charge is 2.25. The molecule has 0 fully saturated rings. The van der Waals surface area contributed by atoms with Crippen LogP contribution in [0.4, 0.5) is 8.78 Å². The van der Waals surface area contributed by atoms with E-state index in [-0.39, 0.29) is 22.6 Å². The molecule has 2 aromatic heterocycles. The molecule has 0 bridgehead atoms. The summed E-state index contributed by atoms with van der Waals surface area (Å²) < 4.78 is 56.8. The van der Waals surface area contributed by atoms with Crippen molar-refractivity contribution in [2.24, 2.45) is 0 Å². The zero-order valence-corrected chi connectivity index (χ0v) is 14.6. The summed E-state index contributed by atoms with van der Waals surface area (Å²) in [6, 6.07) is 1.51. The van der Waals surface area contributed by atoms with Crippen LogP contribution in [0.2, 0.25) is 0 Å². The highest BCUT2D eigenvalue weighted by Crippen LogP contribution is 2.38. The molecule has 0 radical (unpaired) electrons. The van der Waals surface area contributed by atoms with Gasteiger partial charge in [0, 0.05) is 22.9 Å². The van der Waals surface area contributed by atoms with Crippen molar-refractivity contribution in [2.45, 2.75) is 18.7 Å². The fraction of sp³-hybridized carbons (Fsp3) is 0.200. The van der Waals surface area contributed by atoms with Crippen molar-refractivity contribution in [1.82, 2.24) is 10.1 Å². The van der Waals surface area contributed by atoms with Crippen molar-refractivity contribution in [1.29, 1.82) is 0 Å². The van der Waals surface area contributed by atoms with Gasteiger partial charge in [-0.3, -0.25) is 0 Å². The summed E-state index contributed by atoms with van der Waals surface area (Å²) in [5.41, 5.74) is 1.18. The lowest BCUT2D eigenvalue weighted by Crippen LogP contribution is -2.03. The van der Waals surface area contributed by atoms with E-state index in [1.807, 2.05) is 0 Å². The molecule has 0 saturated carbocycles. The fourth-order valence-corrected chi connectivity index (χ4v) is 3.82. The molecule has 0 aliphatic heterocycles. The molecule has 0 unspecified atom stereocenters. The summed E-state index contributed by atoms with van der Waals surface area (Å²) in [5, 5.41) is 6.19. The third-order valence-electron chi connectivity index (χ3n) is 3.37. The second kappa shape index (κ2) is 5.75. The van der Waals surface area contributed by atoms with E-state index in [0.29, 0.717) is 11.1 Å². The number of rotatable bonds is 3. The normalized spacial score (nSPS) is 11.9. The second-order valence-corrected chi connectivity index (χ2v) is 8.13. The number of nitrogens with zero attached hydrogens (tertiary/aromatic N) is 2. The average molecular weight is 370 g/mol. The highest BCUT2D eigenvalue weighted by atomic mass is 32.2. The molecule has 1 aromatic carbocycles. The van der Waals surface area contributed by atoms with E-state index in [0.717, 1.165) is 18.0 Å². The SMILES string of the molecule is Cc1csc(-c2noc(C)c2-c2cc(F)c(S(C)(=O)=O)cc2F)n1. The Bertz CT molecular complexity index is 1040. The third-order valence-corrected chi connectivity index (χ3v) is 5.45. The van der Waals surface area contributed by atoms with Crippen molar-refractivity contribution in [3.63, 3.8) is 0 Å². The maximum atomic E-state index is 14.5. The lowest BCUT2D eigenvalue weighted by molar-refractivity contribution is 0.400. The number of hydrogen-bond acceptors (Lipinski definition) is 6. The molecule has 9 heteroatoms. The molecule has 0 N–H and O–H groups in total. The van der Waals surface area contributed by atoms with Crippen LogP contribution in [0, 0.1) is 25.5 Å². The Kier molecular flexibility index (Phi) is 4.00. The van der Waals surface area contributed by atoms with E-state index in [9.17, 15) is 17.2 Å². The van der Waals surface area contributed by atoms with Gasteiger partial charge >= 0.3 is 0 Å². The highest BCUT2D eigenvalue weighted by molar-refractivity contribution is 7.90. The molecule has 0 saturated heterocycles. The Balaban J connectivity index is 2.24. The average Bonchev–Trinajstić information content (AvgIpc) is 3.06. The Morgan fingerprint density at radius 1 is 1.17 bits per heavy atom. The first-order valence-electron chi connectivity index (χ1n) is 6.76. The molecule has 0 aliphatic carbocycles. The van der Waals surface area contributed by atoms with Gasteiger partial charge in [0.25, 0.3) is 0 Å². The van der Waals surface area contributed by atoms with Gasteiger partial charge < -0.3 is 4.52 Å². The Morgan fingerprint density at radius 3 is 2.46 bits per heavy atom. The lowest BCUT2D eigenvalue weighted by Gasteiger charge is -2.07. The Hall–Kier alpha value is -2.13. The predicted molar refractivity (Wildman–Crippen MR) is 85.5 cm³/mol. The van der Waals surface area contributed by atoms with E-state index in [4.69, 9.17) is 4.52 Å². The molecule has 0 spiro atoms. The maximum absolute atomic E-state index is 14.5. The van der Waals surface area contributed by atoms with E-state index >= 15 is 0 Å². The molecule has 0 atom stereocenters. The lowest BCUT2D eigenvalue weighted by atomic mass is 10.0. The number of aryl methyl sites for hydroxylation is 2. The van der Waals surface area contributed by atoms with Crippen LogP contribution in [-0.4, -0.2) is 24.8 Å². The van der Waals surface area contributed by atoms with E-state index < -0.39 is 26.4 Å². The summed E-state index contributed by atoms with van der Waals surface area (Å²) in [5.74, 6) is -1.63. The van der Waals surface area contributed by atoms with Crippen molar-refractivity contribution in [3.05, 3.63) is 40.6 Å². The van der Waals surface area contributed by atoms with E-state index in [2.05, 4.69) is 10.1 Å². The van der Waals surface area contributed by atoms with Gasteiger partial charge in [0.05, 0.1) is 5.56 Å². The number of sulfone groups is 1. The monoisotopic (exact) mass is 370 g/mol. The summed E-state index contributed by atoms with van der Waals surface area (Å²) >= 11 is 1.30. The molecular formula is C15H12F2N2O3S2. The fourth-order valence-electron chi connectivity index (χ4n) is 2.30. The summed E-state index contributed by atoms with van der Waals surface area (Å²) in [4.78, 5) is 3.58. The van der Waals surface area contributed by atoms with Gasteiger partial charge in [-0.1, -0.05) is 5.16 Å². The van der Waals surface area contributed by atoms with Gasteiger partial charge in [-0.25, -0.2) is 22.2 Å². The van der Waals surface area contributed by atoms with Crippen LogP contribution in [0.25, 0.3) is 21.8 Å². The quantitative estimate of drug-likeness (QED) is 0.702. The number of aromatic nitrogens is 2. The molecule has 5 nitrogen and oxygen atoms in total. The van der Waals surface area contributed by atoms with Crippen molar-refractivity contribution in [3.8, 4) is 21.8 Å². The predicted octanol–water partition coefficient (Wildman–Crippen LogP) is 3.76. The van der Waals surface area contributed by atoms with Crippen molar-refractivity contribution >= 4 is 21.2 Å². The molecule has 3 aromatic rings. The van der Waals surface area contributed by atoms with Crippen LogP contribution in [-0.2, 0) is 9.84 Å². The Morgan fingerprint density at radius 2 is 1.88 bits per heavy atom. The topological polar surface area (TPSA) is 73.1 Å². The number of thiazole rings is 1. The van der Waals surface area contributed by atoms with E-state index in [1.54, 1.807) is 19.2 Å². The number of halogens is 2. The van der Waals surface area contributed by atoms with Crippen LogP contribution >= 0.6 is 11.3 Å². The molecule has 126 valence electrons. The van der Waals surface area contributed by atoms with Gasteiger partial charge in [0.2, 0.25) is 0 Å². The maximum Gasteiger partial charge on any atom is 0.178 e. The van der Waals surface area contributed by atoms with Crippen LogP contribution in [0.15, 0.2) is 26.9 Å². The molecule has 0 amide bonds. The molecule has 2 heterocycles. The van der Waals surface area contributed by atoms with E-state index in [1.165, 1.54) is 11.3 Å². The third kappa shape index (κ3) is 2.84. The van der Waals surface area contributed by atoms with Gasteiger partial charge in [-0.2, -0.15) is 0 Å². The summed E-state index contributed by atoms with van der Waals surface area (Å²) in [6.45, 7) is 3.36. The minimum atomic E-state index is -3.87. The second-order valence-electron chi connectivity index (χ2n) is 5.29. The van der Waals surface area contributed by atoms with Crippen molar-refractivity contribution in [2.75, 3.05) is 6.26 Å². The van der Waals surface area contributed by atoms with Crippen LogP contribution < -0.4 is 0 Å².